The Balaban J connectivity index is 2.11. The highest BCUT2D eigenvalue weighted by molar-refractivity contribution is 6.01. The van der Waals surface area contributed by atoms with Crippen LogP contribution in [-0.4, -0.2) is 44.2 Å². The van der Waals surface area contributed by atoms with E-state index in [1.165, 1.54) is 0 Å². The van der Waals surface area contributed by atoms with Crippen molar-refractivity contribution >= 4 is 11.6 Å². The number of ether oxygens (including phenoxy) is 2. The number of hydrogen-bond acceptors (Lipinski definition) is 4. The van der Waals surface area contributed by atoms with Crippen LogP contribution in [0.5, 0.6) is 5.75 Å². The highest BCUT2D eigenvalue weighted by Crippen LogP contribution is 2.26. The van der Waals surface area contributed by atoms with Crippen molar-refractivity contribution < 1.29 is 14.3 Å². The first-order valence-electron chi connectivity index (χ1n) is 7.48. The van der Waals surface area contributed by atoms with Gasteiger partial charge in [-0.05, 0) is 37.8 Å². The van der Waals surface area contributed by atoms with E-state index in [9.17, 15) is 4.79 Å². The Morgan fingerprint density at radius 1 is 1.52 bits per heavy atom. The molecule has 1 atom stereocenters. The topological polar surface area (TPSA) is 64.8 Å². The van der Waals surface area contributed by atoms with Crippen molar-refractivity contribution in [1.82, 2.24) is 4.90 Å². The standard InChI is InChI=1S/C16H24N2O3/c1-3-21-14-8-4-7-13(17)15(14)16(19)18(2)10-12-6-5-9-20-11-12/h4,7-8,12H,3,5-6,9-11,17H2,1-2H3. The van der Waals surface area contributed by atoms with Crippen LogP contribution in [0.3, 0.4) is 0 Å². The number of rotatable bonds is 5. The normalized spacial score (nSPS) is 18.3. The predicted molar refractivity (Wildman–Crippen MR) is 82.5 cm³/mol. The van der Waals surface area contributed by atoms with Crippen molar-refractivity contribution in [1.29, 1.82) is 0 Å². The minimum atomic E-state index is -0.0953. The summed E-state index contributed by atoms with van der Waals surface area (Å²) in [6.45, 7) is 4.62. The summed E-state index contributed by atoms with van der Waals surface area (Å²) in [5.41, 5.74) is 6.88. The highest BCUT2D eigenvalue weighted by Gasteiger charge is 2.23. The predicted octanol–water partition coefficient (Wildman–Crippen LogP) is 2.17. The van der Waals surface area contributed by atoms with Crippen LogP contribution in [0.15, 0.2) is 18.2 Å². The molecule has 0 saturated carbocycles. The second kappa shape index (κ2) is 7.31. The number of nitrogens with zero attached hydrogens (tertiary/aromatic N) is 1. The van der Waals surface area contributed by atoms with Crippen molar-refractivity contribution in [3.63, 3.8) is 0 Å². The van der Waals surface area contributed by atoms with Crippen LogP contribution in [0.2, 0.25) is 0 Å². The van der Waals surface area contributed by atoms with E-state index >= 15 is 0 Å². The Bertz CT molecular complexity index is 484. The van der Waals surface area contributed by atoms with Gasteiger partial charge in [0.2, 0.25) is 0 Å². The fraction of sp³-hybridized carbons (Fsp3) is 0.562. The third kappa shape index (κ3) is 3.88. The summed E-state index contributed by atoms with van der Waals surface area (Å²) in [4.78, 5) is 14.4. The molecule has 1 fully saturated rings. The highest BCUT2D eigenvalue weighted by atomic mass is 16.5. The molecule has 1 unspecified atom stereocenters. The van der Waals surface area contributed by atoms with Gasteiger partial charge in [0.15, 0.2) is 0 Å². The van der Waals surface area contributed by atoms with E-state index in [4.69, 9.17) is 15.2 Å². The van der Waals surface area contributed by atoms with E-state index in [0.717, 1.165) is 26.1 Å². The number of nitrogens with two attached hydrogens (primary N) is 1. The summed E-state index contributed by atoms with van der Waals surface area (Å²) >= 11 is 0. The number of carbonyl (C=O) groups excluding carboxylic acids is 1. The zero-order chi connectivity index (χ0) is 15.2. The second-order valence-electron chi connectivity index (χ2n) is 5.42. The van der Waals surface area contributed by atoms with Gasteiger partial charge in [0.05, 0.1) is 13.2 Å². The number of anilines is 1. The fourth-order valence-corrected chi connectivity index (χ4v) is 2.67. The number of nitrogen functional groups attached to an aromatic ring is 1. The van der Waals surface area contributed by atoms with Crippen molar-refractivity contribution in [3.05, 3.63) is 23.8 Å². The van der Waals surface area contributed by atoms with Crippen molar-refractivity contribution in [2.75, 3.05) is 39.1 Å². The molecule has 1 aliphatic rings. The molecule has 0 aromatic heterocycles. The molecule has 21 heavy (non-hydrogen) atoms. The molecule has 0 radical (unpaired) electrons. The van der Waals surface area contributed by atoms with Crippen LogP contribution in [0.25, 0.3) is 0 Å². The number of benzene rings is 1. The molecule has 1 aliphatic heterocycles. The molecule has 0 spiro atoms. The summed E-state index contributed by atoms with van der Waals surface area (Å²) < 4.78 is 11.0. The van der Waals surface area contributed by atoms with Gasteiger partial charge in [-0.3, -0.25) is 4.79 Å². The lowest BCUT2D eigenvalue weighted by Gasteiger charge is -2.27. The first-order valence-corrected chi connectivity index (χ1v) is 7.48. The average Bonchev–Trinajstić information content (AvgIpc) is 2.48. The Morgan fingerprint density at radius 2 is 2.33 bits per heavy atom. The molecule has 5 heteroatoms. The van der Waals surface area contributed by atoms with E-state index in [2.05, 4.69) is 0 Å². The van der Waals surface area contributed by atoms with Crippen molar-refractivity contribution in [2.45, 2.75) is 19.8 Å². The van der Waals surface area contributed by atoms with Crippen LogP contribution in [0, 0.1) is 5.92 Å². The molecule has 2 rings (SSSR count). The lowest BCUT2D eigenvalue weighted by Crippen LogP contribution is -2.35. The van der Waals surface area contributed by atoms with Gasteiger partial charge in [0, 0.05) is 25.9 Å². The monoisotopic (exact) mass is 292 g/mol. The molecule has 1 saturated heterocycles. The SMILES string of the molecule is CCOc1cccc(N)c1C(=O)N(C)CC1CCCOC1. The minimum absolute atomic E-state index is 0.0953. The molecule has 116 valence electrons. The first-order chi connectivity index (χ1) is 10.1. The molecular weight excluding hydrogens is 268 g/mol. The van der Waals surface area contributed by atoms with Gasteiger partial charge >= 0.3 is 0 Å². The van der Waals surface area contributed by atoms with E-state index in [0.29, 0.717) is 36.1 Å². The maximum Gasteiger partial charge on any atom is 0.259 e. The number of carbonyl (C=O) groups is 1. The second-order valence-corrected chi connectivity index (χ2v) is 5.42. The fourth-order valence-electron chi connectivity index (χ4n) is 2.67. The largest absolute Gasteiger partial charge is 0.493 e. The van der Waals surface area contributed by atoms with Gasteiger partial charge < -0.3 is 20.1 Å². The van der Waals surface area contributed by atoms with Gasteiger partial charge in [-0.1, -0.05) is 6.07 Å². The van der Waals surface area contributed by atoms with Crippen LogP contribution in [0.1, 0.15) is 30.1 Å². The maximum absolute atomic E-state index is 12.7. The smallest absolute Gasteiger partial charge is 0.259 e. The third-order valence-corrected chi connectivity index (χ3v) is 3.71. The lowest BCUT2D eigenvalue weighted by atomic mass is 10.0. The van der Waals surface area contributed by atoms with Crippen LogP contribution in [-0.2, 0) is 4.74 Å². The van der Waals surface area contributed by atoms with Crippen molar-refractivity contribution in [2.24, 2.45) is 5.92 Å². The zero-order valence-corrected chi connectivity index (χ0v) is 12.8. The Morgan fingerprint density at radius 3 is 3.00 bits per heavy atom. The lowest BCUT2D eigenvalue weighted by molar-refractivity contribution is 0.0388. The zero-order valence-electron chi connectivity index (χ0n) is 12.8. The van der Waals surface area contributed by atoms with Gasteiger partial charge in [0.25, 0.3) is 5.91 Å². The van der Waals surface area contributed by atoms with Gasteiger partial charge in [0.1, 0.15) is 11.3 Å². The van der Waals surface area contributed by atoms with Gasteiger partial charge in [-0.15, -0.1) is 0 Å². The summed E-state index contributed by atoms with van der Waals surface area (Å²) in [6.07, 6.45) is 2.16. The Labute approximate surface area is 126 Å². The van der Waals surface area contributed by atoms with Gasteiger partial charge in [-0.25, -0.2) is 0 Å². The maximum atomic E-state index is 12.7. The van der Waals surface area contributed by atoms with Crippen LogP contribution in [0.4, 0.5) is 5.69 Å². The van der Waals surface area contributed by atoms with E-state index in [-0.39, 0.29) is 5.91 Å². The molecule has 1 amide bonds. The molecule has 0 aliphatic carbocycles. The van der Waals surface area contributed by atoms with Crippen LogP contribution >= 0.6 is 0 Å². The van der Waals surface area contributed by atoms with Gasteiger partial charge in [-0.2, -0.15) is 0 Å². The summed E-state index contributed by atoms with van der Waals surface area (Å²) in [7, 11) is 1.80. The first kappa shape index (κ1) is 15.6. The summed E-state index contributed by atoms with van der Waals surface area (Å²) in [6, 6.07) is 5.31. The molecule has 5 nitrogen and oxygen atoms in total. The quantitative estimate of drug-likeness (QED) is 0.845. The van der Waals surface area contributed by atoms with E-state index in [1.807, 2.05) is 6.92 Å². The molecule has 1 heterocycles. The van der Waals surface area contributed by atoms with E-state index < -0.39 is 0 Å². The Kier molecular flexibility index (Phi) is 5.44. The minimum Gasteiger partial charge on any atom is -0.493 e. The van der Waals surface area contributed by atoms with E-state index in [1.54, 1.807) is 30.1 Å². The summed E-state index contributed by atoms with van der Waals surface area (Å²) in [5, 5.41) is 0. The molecule has 0 bridgehead atoms. The average molecular weight is 292 g/mol. The molecule has 1 aromatic carbocycles. The molecule has 1 aromatic rings. The number of hydrogen-bond donors (Lipinski definition) is 1. The number of amides is 1. The molecular formula is C16H24N2O3. The van der Waals surface area contributed by atoms with Crippen LogP contribution < -0.4 is 10.5 Å². The Hall–Kier alpha value is -1.75. The van der Waals surface area contributed by atoms with Crippen molar-refractivity contribution in [3.8, 4) is 5.75 Å². The molecule has 2 N–H and O–H groups in total. The third-order valence-electron chi connectivity index (χ3n) is 3.71. The summed E-state index contributed by atoms with van der Waals surface area (Å²) in [5.74, 6) is 0.851.